The summed E-state index contributed by atoms with van der Waals surface area (Å²) in [4.78, 5) is 0.366. The second-order valence-corrected chi connectivity index (χ2v) is 7.25. The molecule has 2 aliphatic rings. The van der Waals surface area contributed by atoms with E-state index in [-0.39, 0.29) is 11.3 Å². The molecule has 2 unspecified atom stereocenters. The van der Waals surface area contributed by atoms with E-state index in [0.717, 1.165) is 18.6 Å². The number of benzene rings is 1. The van der Waals surface area contributed by atoms with Crippen molar-refractivity contribution in [2.45, 2.75) is 18.2 Å². The van der Waals surface area contributed by atoms with E-state index in [4.69, 9.17) is 4.74 Å². The van der Waals surface area contributed by atoms with Crippen molar-refractivity contribution in [2.24, 2.45) is 11.3 Å². The third-order valence-electron chi connectivity index (χ3n) is 3.99. The van der Waals surface area contributed by atoms with Crippen molar-refractivity contribution in [1.82, 2.24) is 0 Å². The maximum Gasteiger partial charge on any atom is 0.199 e. The van der Waals surface area contributed by atoms with Crippen LogP contribution in [0.15, 0.2) is 46.2 Å². The van der Waals surface area contributed by atoms with Gasteiger partial charge >= 0.3 is 0 Å². The monoisotopic (exact) mass is 264 g/mol. The van der Waals surface area contributed by atoms with Gasteiger partial charge in [-0.1, -0.05) is 30.7 Å². The Morgan fingerprint density at radius 3 is 2.72 bits per heavy atom. The largest absolute Gasteiger partial charge is 0.380 e. The predicted molar refractivity (Wildman–Crippen MR) is 68.7 cm³/mol. The van der Waals surface area contributed by atoms with Crippen LogP contribution in [-0.4, -0.2) is 21.6 Å². The molecule has 1 saturated carbocycles. The molecule has 1 heterocycles. The Bertz CT molecular complexity index is 589. The van der Waals surface area contributed by atoms with Crippen molar-refractivity contribution in [2.75, 3.05) is 13.2 Å². The number of hydrogen-bond donors (Lipinski definition) is 0. The first-order valence-corrected chi connectivity index (χ1v) is 7.64. The summed E-state index contributed by atoms with van der Waals surface area (Å²) in [5, 5.41) is 1.45. The van der Waals surface area contributed by atoms with Gasteiger partial charge < -0.3 is 4.74 Å². The van der Waals surface area contributed by atoms with E-state index in [0.29, 0.717) is 11.5 Å². The van der Waals surface area contributed by atoms with Crippen LogP contribution in [0, 0.1) is 11.3 Å². The fourth-order valence-electron chi connectivity index (χ4n) is 2.90. The highest BCUT2D eigenvalue weighted by Gasteiger charge is 2.51. The van der Waals surface area contributed by atoms with Crippen LogP contribution in [0.25, 0.3) is 0 Å². The summed E-state index contributed by atoms with van der Waals surface area (Å²) >= 11 is 0. The van der Waals surface area contributed by atoms with Gasteiger partial charge in [-0.3, -0.25) is 0 Å². The number of fused-ring (bicyclic) bond motifs is 1. The highest BCUT2D eigenvalue weighted by atomic mass is 32.2. The zero-order valence-electron chi connectivity index (χ0n) is 10.3. The highest BCUT2D eigenvalue weighted by Crippen LogP contribution is 2.54. The molecule has 1 aromatic rings. The van der Waals surface area contributed by atoms with Gasteiger partial charge in [-0.05, 0) is 18.6 Å². The van der Waals surface area contributed by atoms with Gasteiger partial charge in [-0.2, -0.15) is 0 Å². The van der Waals surface area contributed by atoms with Gasteiger partial charge in [0.2, 0.25) is 0 Å². The summed E-state index contributed by atoms with van der Waals surface area (Å²) in [7, 11) is -3.30. The first-order valence-electron chi connectivity index (χ1n) is 6.10. The summed E-state index contributed by atoms with van der Waals surface area (Å²) in [5.74, 6) is 0.288. The van der Waals surface area contributed by atoms with Crippen LogP contribution in [0.1, 0.15) is 13.3 Å². The molecule has 1 aliphatic heterocycles. The standard InChI is InChI=1S/C14H16O3S/c1-14-7-11(13(14)8-17-10-14)9-18(15,16)12-5-3-2-4-6-12/h2-6,9,13H,7-8,10H2,1H3/b11-9+. The molecule has 96 valence electrons. The molecule has 1 saturated heterocycles. The number of sulfone groups is 1. The van der Waals surface area contributed by atoms with Gasteiger partial charge in [-0.15, -0.1) is 0 Å². The second kappa shape index (κ2) is 3.93. The topological polar surface area (TPSA) is 43.4 Å². The Morgan fingerprint density at radius 1 is 1.33 bits per heavy atom. The summed E-state index contributed by atoms with van der Waals surface area (Å²) in [5.41, 5.74) is 1.18. The molecule has 0 aromatic heterocycles. The molecule has 2 atom stereocenters. The van der Waals surface area contributed by atoms with Gasteiger partial charge in [0.05, 0.1) is 18.1 Å². The molecule has 0 bridgehead atoms. The van der Waals surface area contributed by atoms with E-state index in [1.165, 1.54) is 5.41 Å². The SMILES string of the molecule is CC12COCC1/C(=C/S(=O)(=O)c1ccccc1)C2. The lowest BCUT2D eigenvalue weighted by atomic mass is 9.61. The molecule has 2 fully saturated rings. The van der Waals surface area contributed by atoms with Crippen molar-refractivity contribution in [1.29, 1.82) is 0 Å². The Labute approximate surface area is 107 Å². The Kier molecular flexibility index (Phi) is 2.61. The van der Waals surface area contributed by atoms with E-state index in [2.05, 4.69) is 6.92 Å². The molecular formula is C14H16O3S. The van der Waals surface area contributed by atoms with Gasteiger partial charge in [0.1, 0.15) is 0 Å². The van der Waals surface area contributed by atoms with Crippen LogP contribution >= 0.6 is 0 Å². The zero-order chi connectivity index (χ0) is 12.8. The Hall–Kier alpha value is -1.13. The van der Waals surface area contributed by atoms with Gasteiger partial charge in [-0.25, -0.2) is 8.42 Å². The lowest BCUT2D eigenvalue weighted by molar-refractivity contribution is 0.148. The second-order valence-electron chi connectivity index (χ2n) is 5.45. The Morgan fingerprint density at radius 2 is 2.06 bits per heavy atom. The lowest BCUT2D eigenvalue weighted by Crippen LogP contribution is -2.39. The summed E-state index contributed by atoms with van der Waals surface area (Å²) < 4.78 is 29.9. The van der Waals surface area contributed by atoms with Crippen molar-refractivity contribution in [3.8, 4) is 0 Å². The van der Waals surface area contributed by atoms with Gasteiger partial charge in [0, 0.05) is 16.7 Å². The molecule has 1 aliphatic carbocycles. The molecule has 3 nitrogen and oxygen atoms in total. The fraction of sp³-hybridized carbons (Fsp3) is 0.429. The normalized spacial score (nSPS) is 33.2. The lowest BCUT2D eigenvalue weighted by Gasteiger charge is -2.42. The smallest absolute Gasteiger partial charge is 0.199 e. The molecule has 4 heteroatoms. The molecular weight excluding hydrogens is 248 g/mol. The zero-order valence-corrected chi connectivity index (χ0v) is 11.1. The van der Waals surface area contributed by atoms with Crippen LogP contribution < -0.4 is 0 Å². The maximum absolute atomic E-state index is 12.2. The first-order chi connectivity index (χ1) is 8.51. The summed E-state index contributed by atoms with van der Waals surface area (Å²) in [6, 6.07) is 8.58. The predicted octanol–water partition coefficient (Wildman–Crippen LogP) is 2.40. The minimum atomic E-state index is -3.30. The quantitative estimate of drug-likeness (QED) is 0.824. The maximum atomic E-state index is 12.2. The molecule has 0 N–H and O–H groups in total. The highest BCUT2D eigenvalue weighted by molar-refractivity contribution is 7.94. The minimum absolute atomic E-state index is 0.165. The van der Waals surface area contributed by atoms with Crippen molar-refractivity contribution < 1.29 is 13.2 Å². The van der Waals surface area contributed by atoms with Crippen molar-refractivity contribution >= 4 is 9.84 Å². The van der Waals surface area contributed by atoms with E-state index in [1.807, 2.05) is 6.07 Å². The van der Waals surface area contributed by atoms with Crippen molar-refractivity contribution in [3.05, 3.63) is 41.3 Å². The molecule has 1 aromatic carbocycles. The fourth-order valence-corrected chi connectivity index (χ4v) is 4.22. The van der Waals surface area contributed by atoms with Crippen LogP contribution in [0.3, 0.4) is 0 Å². The number of ether oxygens (including phenoxy) is 1. The van der Waals surface area contributed by atoms with Crippen LogP contribution in [0.2, 0.25) is 0 Å². The van der Waals surface area contributed by atoms with Crippen molar-refractivity contribution in [3.63, 3.8) is 0 Å². The Balaban J connectivity index is 1.90. The summed E-state index contributed by atoms with van der Waals surface area (Å²) in [6.45, 7) is 3.57. The van der Waals surface area contributed by atoms with Crippen LogP contribution in [0.4, 0.5) is 0 Å². The van der Waals surface area contributed by atoms with E-state index < -0.39 is 9.84 Å². The molecule has 0 amide bonds. The first kappa shape index (κ1) is 11.9. The van der Waals surface area contributed by atoms with Gasteiger partial charge in [0.15, 0.2) is 9.84 Å². The average molecular weight is 264 g/mol. The third kappa shape index (κ3) is 1.80. The van der Waals surface area contributed by atoms with Crippen LogP contribution in [0.5, 0.6) is 0 Å². The average Bonchev–Trinajstić information content (AvgIpc) is 2.64. The molecule has 3 rings (SSSR count). The number of hydrogen-bond acceptors (Lipinski definition) is 3. The minimum Gasteiger partial charge on any atom is -0.380 e. The van der Waals surface area contributed by atoms with E-state index >= 15 is 0 Å². The molecule has 18 heavy (non-hydrogen) atoms. The molecule has 0 radical (unpaired) electrons. The van der Waals surface area contributed by atoms with E-state index in [1.54, 1.807) is 24.3 Å². The summed E-state index contributed by atoms with van der Waals surface area (Å²) in [6.07, 6.45) is 0.837. The van der Waals surface area contributed by atoms with E-state index in [9.17, 15) is 8.42 Å². The third-order valence-corrected chi connectivity index (χ3v) is 5.53. The number of rotatable bonds is 2. The molecule has 0 spiro atoms. The van der Waals surface area contributed by atoms with Crippen LogP contribution in [-0.2, 0) is 14.6 Å². The van der Waals surface area contributed by atoms with Gasteiger partial charge in [0.25, 0.3) is 0 Å².